The summed E-state index contributed by atoms with van der Waals surface area (Å²) in [6.45, 7) is 4.85. The van der Waals surface area contributed by atoms with Crippen LogP contribution >= 0.6 is 0 Å². The van der Waals surface area contributed by atoms with Gasteiger partial charge in [0.2, 0.25) is 5.91 Å². The first-order chi connectivity index (χ1) is 10.1. The smallest absolute Gasteiger partial charge is 0.220 e. The number of unbranched alkanes of at least 4 members (excludes halogenated alkanes) is 6. The van der Waals surface area contributed by atoms with Gasteiger partial charge in [-0.1, -0.05) is 65.2 Å². The molecule has 1 saturated carbocycles. The zero-order valence-corrected chi connectivity index (χ0v) is 14.1. The van der Waals surface area contributed by atoms with Gasteiger partial charge >= 0.3 is 0 Å². The second-order valence-electron chi connectivity index (χ2n) is 7.07. The van der Waals surface area contributed by atoms with E-state index in [0.29, 0.717) is 18.9 Å². The Kier molecular flexibility index (Phi) is 8.98. The molecule has 1 aliphatic carbocycles. The fourth-order valence-corrected chi connectivity index (χ4v) is 3.39. The SMILES string of the molecule is CCCCCCCCCC(=O)NCC1(O)CCCC(C)C1. The molecule has 2 atom stereocenters. The van der Waals surface area contributed by atoms with E-state index >= 15 is 0 Å². The first-order valence-electron chi connectivity index (χ1n) is 9.05. The zero-order chi connectivity index (χ0) is 15.6. The van der Waals surface area contributed by atoms with E-state index in [0.717, 1.165) is 32.1 Å². The van der Waals surface area contributed by atoms with E-state index in [1.54, 1.807) is 0 Å². The molecule has 0 radical (unpaired) electrons. The molecule has 1 rings (SSSR count). The number of carbonyl (C=O) groups excluding carboxylic acids is 1. The van der Waals surface area contributed by atoms with Crippen molar-refractivity contribution in [3.05, 3.63) is 0 Å². The first-order valence-corrected chi connectivity index (χ1v) is 9.05. The summed E-state index contributed by atoms with van der Waals surface area (Å²) >= 11 is 0. The average Bonchev–Trinajstić information content (AvgIpc) is 2.44. The van der Waals surface area contributed by atoms with E-state index in [1.807, 2.05) is 0 Å². The molecule has 0 spiro atoms. The van der Waals surface area contributed by atoms with Crippen molar-refractivity contribution in [3.8, 4) is 0 Å². The third-order valence-electron chi connectivity index (χ3n) is 4.69. The fourth-order valence-electron chi connectivity index (χ4n) is 3.39. The van der Waals surface area contributed by atoms with Crippen molar-refractivity contribution in [2.75, 3.05) is 6.54 Å². The Morgan fingerprint density at radius 3 is 2.52 bits per heavy atom. The van der Waals surface area contributed by atoms with E-state index in [-0.39, 0.29) is 5.91 Å². The Hall–Kier alpha value is -0.570. The van der Waals surface area contributed by atoms with Gasteiger partial charge in [0.25, 0.3) is 0 Å². The summed E-state index contributed by atoms with van der Waals surface area (Å²) in [5.41, 5.74) is -0.659. The summed E-state index contributed by atoms with van der Waals surface area (Å²) < 4.78 is 0. The van der Waals surface area contributed by atoms with Crippen molar-refractivity contribution in [2.24, 2.45) is 5.92 Å². The van der Waals surface area contributed by atoms with Gasteiger partial charge in [0.05, 0.1) is 5.60 Å². The minimum atomic E-state index is -0.659. The molecule has 0 aromatic carbocycles. The minimum absolute atomic E-state index is 0.107. The lowest BCUT2D eigenvalue weighted by molar-refractivity contribution is -0.123. The van der Waals surface area contributed by atoms with E-state index < -0.39 is 5.60 Å². The van der Waals surface area contributed by atoms with Gasteiger partial charge in [0.1, 0.15) is 0 Å². The topological polar surface area (TPSA) is 49.3 Å². The van der Waals surface area contributed by atoms with Crippen molar-refractivity contribution in [1.29, 1.82) is 0 Å². The van der Waals surface area contributed by atoms with Gasteiger partial charge in [0, 0.05) is 13.0 Å². The van der Waals surface area contributed by atoms with Crippen LogP contribution in [0.15, 0.2) is 0 Å². The van der Waals surface area contributed by atoms with Gasteiger partial charge in [-0.05, 0) is 25.2 Å². The third kappa shape index (κ3) is 8.45. The quantitative estimate of drug-likeness (QED) is 0.594. The number of carbonyl (C=O) groups is 1. The fraction of sp³-hybridized carbons (Fsp3) is 0.944. The molecule has 0 saturated heterocycles. The maximum Gasteiger partial charge on any atom is 0.220 e. The van der Waals surface area contributed by atoms with Gasteiger partial charge in [-0.2, -0.15) is 0 Å². The van der Waals surface area contributed by atoms with Crippen LogP contribution in [0.25, 0.3) is 0 Å². The lowest BCUT2D eigenvalue weighted by Gasteiger charge is -2.35. The Bertz CT molecular complexity index is 293. The van der Waals surface area contributed by atoms with E-state index in [4.69, 9.17) is 0 Å². The van der Waals surface area contributed by atoms with Crippen LogP contribution in [0.3, 0.4) is 0 Å². The van der Waals surface area contributed by atoms with Crippen LogP contribution in [0.2, 0.25) is 0 Å². The maximum atomic E-state index is 11.8. The third-order valence-corrected chi connectivity index (χ3v) is 4.69. The van der Waals surface area contributed by atoms with Crippen LogP contribution in [-0.2, 0) is 4.79 Å². The number of rotatable bonds is 10. The van der Waals surface area contributed by atoms with Crippen LogP contribution in [0.5, 0.6) is 0 Å². The summed E-state index contributed by atoms with van der Waals surface area (Å²) in [6, 6.07) is 0. The van der Waals surface area contributed by atoms with Gasteiger partial charge in [0.15, 0.2) is 0 Å². The van der Waals surface area contributed by atoms with Gasteiger partial charge in [-0.25, -0.2) is 0 Å². The van der Waals surface area contributed by atoms with Crippen molar-refractivity contribution in [2.45, 2.75) is 96.5 Å². The van der Waals surface area contributed by atoms with Gasteiger partial charge < -0.3 is 10.4 Å². The predicted octanol–water partition coefficient (Wildman–Crippen LogP) is 4.18. The average molecular weight is 297 g/mol. The standard InChI is InChI=1S/C18H35NO2/c1-3-4-5-6-7-8-9-12-17(20)19-15-18(21)13-10-11-16(2)14-18/h16,21H,3-15H2,1-2H3,(H,19,20). The summed E-state index contributed by atoms with van der Waals surface area (Å²) in [7, 11) is 0. The summed E-state index contributed by atoms with van der Waals surface area (Å²) in [6.07, 6.45) is 13.2. The van der Waals surface area contributed by atoms with Gasteiger partial charge in [-0.15, -0.1) is 0 Å². The molecule has 0 aromatic rings. The highest BCUT2D eigenvalue weighted by Gasteiger charge is 2.32. The Labute approximate surface area is 130 Å². The molecule has 0 aromatic heterocycles. The van der Waals surface area contributed by atoms with Crippen LogP contribution < -0.4 is 5.32 Å². The van der Waals surface area contributed by atoms with E-state index in [9.17, 15) is 9.90 Å². The molecule has 0 heterocycles. The largest absolute Gasteiger partial charge is 0.388 e. The number of amides is 1. The Morgan fingerprint density at radius 1 is 1.19 bits per heavy atom. The second-order valence-corrected chi connectivity index (χ2v) is 7.07. The lowest BCUT2D eigenvalue weighted by Crippen LogP contribution is -2.45. The molecule has 3 heteroatoms. The van der Waals surface area contributed by atoms with Crippen molar-refractivity contribution < 1.29 is 9.90 Å². The monoisotopic (exact) mass is 297 g/mol. The van der Waals surface area contributed by atoms with Crippen molar-refractivity contribution in [3.63, 3.8) is 0 Å². The van der Waals surface area contributed by atoms with E-state index in [1.165, 1.54) is 38.5 Å². The number of nitrogens with one attached hydrogen (secondary N) is 1. The normalized spacial score (nSPS) is 25.8. The molecular weight excluding hydrogens is 262 g/mol. The summed E-state index contributed by atoms with van der Waals surface area (Å²) in [4.78, 5) is 11.8. The lowest BCUT2D eigenvalue weighted by atomic mass is 9.79. The molecule has 2 N–H and O–H groups in total. The summed E-state index contributed by atoms with van der Waals surface area (Å²) in [5.74, 6) is 0.680. The molecule has 1 aliphatic rings. The number of hydrogen-bond donors (Lipinski definition) is 2. The first kappa shape index (κ1) is 18.5. The molecule has 0 aliphatic heterocycles. The van der Waals surface area contributed by atoms with Crippen LogP contribution in [-0.4, -0.2) is 23.2 Å². The van der Waals surface area contributed by atoms with Crippen LogP contribution in [0, 0.1) is 5.92 Å². The van der Waals surface area contributed by atoms with Gasteiger partial charge in [-0.3, -0.25) is 4.79 Å². The number of hydrogen-bond acceptors (Lipinski definition) is 2. The highest BCUT2D eigenvalue weighted by atomic mass is 16.3. The molecular formula is C18H35NO2. The molecule has 1 amide bonds. The van der Waals surface area contributed by atoms with Crippen molar-refractivity contribution in [1.82, 2.24) is 5.32 Å². The van der Waals surface area contributed by atoms with E-state index in [2.05, 4.69) is 19.2 Å². The molecule has 21 heavy (non-hydrogen) atoms. The molecule has 2 unspecified atom stereocenters. The molecule has 3 nitrogen and oxygen atoms in total. The molecule has 1 fully saturated rings. The minimum Gasteiger partial charge on any atom is -0.388 e. The zero-order valence-electron chi connectivity index (χ0n) is 14.1. The number of aliphatic hydroxyl groups is 1. The molecule has 0 bridgehead atoms. The Balaban J connectivity index is 2.03. The molecule has 124 valence electrons. The van der Waals surface area contributed by atoms with Crippen LogP contribution in [0.1, 0.15) is 90.9 Å². The predicted molar refractivity (Wildman–Crippen MR) is 88.2 cm³/mol. The van der Waals surface area contributed by atoms with Crippen molar-refractivity contribution >= 4 is 5.91 Å². The summed E-state index contributed by atoms with van der Waals surface area (Å²) in [5, 5.41) is 13.4. The highest BCUT2D eigenvalue weighted by molar-refractivity contribution is 5.75. The maximum absolute atomic E-state index is 11.8. The Morgan fingerprint density at radius 2 is 1.86 bits per heavy atom. The van der Waals surface area contributed by atoms with Crippen LogP contribution in [0.4, 0.5) is 0 Å². The second kappa shape index (κ2) is 10.2. The highest BCUT2D eigenvalue weighted by Crippen LogP contribution is 2.31.